The van der Waals surface area contributed by atoms with E-state index >= 15 is 0 Å². The third-order valence-corrected chi connectivity index (χ3v) is 6.75. The molecule has 1 aliphatic carbocycles. The molecule has 0 atom stereocenters. The number of nitrogens with zero attached hydrogens (tertiary/aromatic N) is 3. The van der Waals surface area contributed by atoms with Gasteiger partial charge >= 0.3 is 0 Å². The number of hydrogen-bond donors (Lipinski definition) is 1. The molecule has 0 bridgehead atoms. The molecule has 7 nitrogen and oxygen atoms in total. The van der Waals surface area contributed by atoms with Crippen LogP contribution in [0.3, 0.4) is 0 Å². The summed E-state index contributed by atoms with van der Waals surface area (Å²) in [4.78, 5) is 4.59. The molecule has 9 heteroatoms. The average Bonchev–Trinajstić information content (AvgIpc) is 3.20. The summed E-state index contributed by atoms with van der Waals surface area (Å²) in [5.41, 5.74) is 7.75. The van der Waals surface area contributed by atoms with E-state index < -0.39 is 15.6 Å². The summed E-state index contributed by atoms with van der Waals surface area (Å²) in [6.07, 6.45) is 3.73. The summed E-state index contributed by atoms with van der Waals surface area (Å²) in [7, 11) is -2.12. The Morgan fingerprint density at radius 3 is 2.50 bits per heavy atom. The van der Waals surface area contributed by atoms with Crippen molar-refractivity contribution in [2.75, 3.05) is 7.05 Å². The smallest absolute Gasteiger partial charge is 0.243 e. The summed E-state index contributed by atoms with van der Waals surface area (Å²) in [6.45, 7) is 3.85. The number of benzene rings is 1. The van der Waals surface area contributed by atoms with E-state index in [0.717, 1.165) is 36.8 Å². The Hall–Kier alpha value is -1.48. The highest BCUT2D eigenvalue weighted by Crippen LogP contribution is 2.34. The largest absolute Gasteiger partial charge is 0.338 e. The molecular weight excluding hydrogens is 376 g/mol. The van der Waals surface area contributed by atoms with Gasteiger partial charge < -0.3 is 10.3 Å². The van der Waals surface area contributed by atoms with Gasteiger partial charge in [-0.15, -0.1) is 12.4 Å². The van der Waals surface area contributed by atoms with Crippen LogP contribution in [-0.4, -0.2) is 29.9 Å². The van der Waals surface area contributed by atoms with Gasteiger partial charge in [-0.3, -0.25) is 0 Å². The van der Waals surface area contributed by atoms with Crippen molar-refractivity contribution >= 4 is 22.4 Å². The van der Waals surface area contributed by atoms with Crippen molar-refractivity contribution in [2.24, 2.45) is 5.73 Å². The molecule has 1 saturated carbocycles. The van der Waals surface area contributed by atoms with E-state index in [1.54, 1.807) is 18.2 Å². The van der Waals surface area contributed by atoms with Crippen LogP contribution in [-0.2, 0) is 22.1 Å². The molecule has 0 amide bonds. The van der Waals surface area contributed by atoms with Crippen molar-refractivity contribution in [1.29, 1.82) is 0 Å². The number of rotatable bonds is 5. The van der Waals surface area contributed by atoms with Gasteiger partial charge in [0.2, 0.25) is 15.9 Å². The van der Waals surface area contributed by atoms with Gasteiger partial charge in [-0.25, -0.2) is 8.42 Å². The van der Waals surface area contributed by atoms with Crippen LogP contribution in [0.4, 0.5) is 0 Å². The second-order valence-electron chi connectivity index (χ2n) is 6.88. The molecule has 26 heavy (non-hydrogen) atoms. The predicted molar refractivity (Wildman–Crippen MR) is 100 cm³/mol. The molecule has 0 radical (unpaired) electrons. The van der Waals surface area contributed by atoms with Crippen molar-refractivity contribution in [2.45, 2.75) is 56.5 Å². The van der Waals surface area contributed by atoms with Crippen LogP contribution in [0.1, 0.15) is 48.5 Å². The highest BCUT2D eigenvalue weighted by atomic mass is 35.5. The fourth-order valence-electron chi connectivity index (χ4n) is 3.08. The van der Waals surface area contributed by atoms with E-state index in [2.05, 4.69) is 10.1 Å². The molecule has 1 fully saturated rings. The first-order valence-corrected chi connectivity index (χ1v) is 9.82. The lowest BCUT2D eigenvalue weighted by Crippen LogP contribution is -2.34. The molecule has 1 heterocycles. The average molecular weight is 401 g/mol. The van der Waals surface area contributed by atoms with Crippen molar-refractivity contribution in [3.63, 3.8) is 0 Å². The molecule has 2 aromatic rings. The summed E-state index contributed by atoms with van der Waals surface area (Å²) in [5.74, 6) is 0.721. The zero-order valence-electron chi connectivity index (χ0n) is 15.2. The first-order valence-electron chi connectivity index (χ1n) is 8.38. The molecule has 2 N–H and O–H groups in total. The quantitative estimate of drug-likeness (QED) is 0.827. The van der Waals surface area contributed by atoms with Crippen molar-refractivity contribution < 1.29 is 12.9 Å². The Morgan fingerprint density at radius 2 is 1.88 bits per heavy atom. The predicted octanol–water partition coefficient (Wildman–Crippen LogP) is 2.66. The van der Waals surface area contributed by atoms with E-state index in [1.807, 2.05) is 13.8 Å². The van der Waals surface area contributed by atoms with Gasteiger partial charge in [0.15, 0.2) is 5.82 Å². The first kappa shape index (κ1) is 20.8. The number of aryl methyl sites for hydroxylation is 2. The lowest BCUT2D eigenvalue weighted by molar-refractivity contribution is 0.323. The van der Waals surface area contributed by atoms with Crippen LogP contribution in [0.15, 0.2) is 27.6 Å². The normalized spacial score (nSPS) is 16.7. The Labute approximate surface area is 160 Å². The lowest BCUT2D eigenvalue weighted by Gasteiger charge is -2.18. The molecule has 0 unspecified atom stereocenters. The second-order valence-corrected chi connectivity index (χ2v) is 8.93. The standard InChI is InChI=1S/C17H24N4O3S.ClH/c1-12-6-7-14(10-13(12)2)25(22,23)21(3)11-15-19-16(20-24-15)17(18)8-4-5-9-17;/h6-7,10H,4-5,8-9,11,18H2,1-3H3;1H. The van der Waals surface area contributed by atoms with Crippen molar-refractivity contribution in [3.8, 4) is 0 Å². The van der Waals surface area contributed by atoms with Gasteiger partial charge in [0.25, 0.3) is 0 Å². The molecular formula is C17H25ClN4O3S. The number of aromatic nitrogens is 2. The third-order valence-electron chi connectivity index (χ3n) is 4.95. The SMILES string of the molecule is Cc1ccc(S(=O)(=O)N(C)Cc2nc(C3(N)CCCC3)no2)cc1C.Cl. The maximum absolute atomic E-state index is 12.7. The van der Waals surface area contributed by atoms with E-state index in [0.29, 0.717) is 5.82 Å². The topological polar surface area (TPSA) is 102 Å². The van der Waals surface area contributed by atoms with Crippen LogP contribution in [0.5, 0.6) is 0 Å². The molecule has 0 aliphatic heterocycles. The van der Waals surface area contributed by atoms with Gasteiger partial charge in [0, 0.05) is 7.05 Å². The Kier molecular flexibility index (Phi) is 6.12. The highest BCUT2D eigenvalue weighted by molar-refractivity contribution is 7.89. The van der Waals surface area contributed by atoms with Gasteiger partial charge in [0.05, 0.1) is 17.0 Å². The van der Waals surface area contributed by atoms with E-state index in [1.165, 1.54) is 11.4 Å². The number of nitrogens with two attached hydrogens (primary N) is 1. The summed E-state index contributed by atoms with van der Waals surface area (Å²) in [6, 6.07) is 5.09. The van der Waals surface area contributed by atoms with E-state index in [9.17, 15) is 8.42 Å². The maximum atomic E-state index is 12.7. The second kappa shape index (κ2) is 7.64. The van der Waals surface area contributed by atoms with E-state index in [4.69, 9.17) is 10.3 Å². The Morgan fingerprint density at radius 1 is 1.23 bits per heavy atom. The summed E-state index contributed by atoms with van der Waals surface area (Å²) in [5, 5.41) is 3.97. The molecule has 144 valence electrons. The monoisotopic (exact) mass is 400 g/mol. The zero-order chi connectivity index (χ0) is 18.2. The number of halogens is 1. The van der Waals surface area contributed by atoms with Crippen LogP contribution >= 0.6 is 12.4 Å². The molecule has 1 aromatic carbocycles. The maximum Gasteiger partial charge on any atom is 0.243 e. The molecule has 0 saturated heterocycles. The van der Waals surface area contributed by atoms with Crippen LogP contribution < -0.4 is 5.73 Å². The van der Waals surface area contributed by atoms with Crippen molar-refractivity contribution in [1.82, 2.24) is 14.4 Å². The first-order chi connectivity index (χ1) is 11.7. The van der Waals surface area contributed by atoms with Gasteiger partial charge in [-0.1, -0.05) is 24.1 Å². The van der Waals surface area contributed by atoms with Gasteiger partial charge in [0.1, 0.15) is 0 Å². The van der Waals surface area contributed by atoms with Crippen molar-refractivity contribution in [3.05, 3.63) is 41.0 Å². The Bertz CT molecular complexity index is 876. The summed E-state index contributed by atoms with van der Waals surface area (Å²) < 4.78 is 31.9. The van der Waals surface area contributed by atoms with Crippen LogP contribution in [0.25, 0.3) is 0 Å². The number of hydrogen-bond acceptors (Lipinski definition) is 6. The minimum atomic E-state index is -3.63. The highest BCUT2D eigenvalue weighted by Gasteiger charge is 2.36. The minimum absolute atomic E-state index is 0. The zero-order valence-corrected chi connectivity index (χ0v) is 16.9. The number of sulfonamides is 1. The summed E-state index contributed by atoms with van der Waals surface area (Å²) >= 11 is 0. The molecule has 1 aliphatic rings. The van der Waals surface area contributed by atoms with Crippen LogP contribution in [0.2, 0.25) is 0 Å². The van der Waals surface area contributed by atoms with E-state index in [-0.39, 0.29) is 29.7 Å². The lowest BCUT2D eigenvalue weighted by atomic mass is 9.99. The van der Waals surface area contributed by atoms with Gasteiger partial charge in [-0.05, 0) is 49.9 Å². The fourth-order valence-corrected chi connectivity index (χ4v) is 4.29. The minimum Gasteiger partial charge on any atom is -0.338 e. The Balaban J connectivity index is 0.00000243. The third kappa shape index (κ3) is 3.93. The molecule has 3 rings (SSSR count). The molecule has 1 aromatic heterocycles. The van der Waals surface area contributed by atoms with Crippen LogP contribution in [0, 0.1) is 13.8 Å². The fraction of sp³-hybridized carbons (Fsp3) is 0.529. The van der Waals surface area contributed by atoms with Gasteiger partial charge in [-0.2, -0.15) is 9.29 Å². The molecule has 0 spiro atoms.